The molecule has 112 valence electrons. The number of hydrogen-bond donors (Lipinski definition) is 1. The molecule has 0 unspecified atom stereocenters. The van der Waals surface area contributed by atoms with Crippen LogP contribution in [0.2, 0.25) is 0 Å². The predicted molar refractivity (Wildman–Crippen MR) is 86.5 cm³/mol. The van der Waals surface area contributed by atoms with Crippen molar-refractivity contribution in [3.63, 3.8) is 0 Å². The number of benzene rings is 1. The predicted octanol–water partition coefficient (Wildman–Crippen LogP) is 3.59. The molecule has 1 aromatic carbocycles. The minimum Gasteiger partial charge on any atom is -0.358 e. The van der Waals surface area contributed by atoms with Crippen LogP contribution in [0.1, 0.15) is 36.6 Å². The molecular weight excluding hydrogens is 260 g/mol. The zero-order valence-electron chi connectivity index (χ0n) is 13.2. The Morgan fingerprint density at radius 3 is 2.71 bits per heavy atom. The maximum atomic E-state index is 12.6. The molecule has 21 heavy (non-hydrogen) atoms. The first-order valence-electron chi connectivity index (χ1n) is 7.90. The fourth-order valence-corrected chi connectivity index (χ4v) is 3.25. The van der Waals surface area contributed by atoms with Crippen molar-refractivity contribution in [3.8, 4) is 0 Å². The highest BCUT2D eigenvalue weighted by atomic mass is 16.2. The van der Waals surface area contributed by atoms with Gasteiger partial charge in [-0.1, -0.05) is 18.6 Å². The largest absolute Gasteiger partial charge is 0.358 e. The lowest BCUT2D eigenvalue weighted by Crippen LogP contribution is -2.38. The number of amides is 1. The van der Waals surface area contributed by atoms with Gasteiger partial charge in [0.1, 0.15) is 0 Å². The molecule has 3 heteroatoms. The van der Waals surface area contributed by atoms with E-state index in [9.17, 15) is 4.79 Å². The van der Waals surface area contributed by atoms with Crippen LogP contribution in [0.5, 0.6) is 0 Å². The van der Waals surface area contributed by atoms with Crippen LogP contribution in [0.3, 0.4) is 0 Å². The lowest BCUT2D eigenvalue weighted by molar-refractivity contribution is -0.131. The minimum absolute atomic E-state index is 0.271. The number of aryl methyl sites for hydroxylation is 2. The van der Waals surface area contributed by atoms with Gasteiger partial charge in [0.25, 0.3) is 0 Å². The van der Waals surface area contributed by atoms with Gasteiger partial charge >= 0.3 is 0 Å². The third-order valence-corrected chi connectivity index (χ3v) is 4.74. The Hall–Kier alpha value is -1.77. The number of carbonyl (C=O) groups is 1. The number of piperidine rings is 1. The molecule has 0 aliphatic carbocycles. The number of carbonyl (C=O) groups excluding carboxylic acids is 1. The molecule has 2 heterocycles. The summed E-state index contributed by atoms with van der Waals surface area (Å²) in [7, 11) is 0. The summed E-state index contributed by atoms with van der Waals surface area (Å²) in [4.78, 5) is 18.0. The van der Waals surface area contributed by atoms with Gasteiger partial charge in [-0.05, 0) is 50.3 Å². The number of fused-ring (bicyclic) bond motifs is 1. The van der Waals surface area contributed by atoms with Crippen molar-refractivity contribution in [3.05, 3.63) is 35.0 Å². The van der Waals surface area contributed by atoms with Crippen molar-refractivity contribution in [2.45, 2.75) is 40.0 Å². The maximum absolute atomic E-state index is 12.6. The molecule has 0 atom stereocenters. The fourth-order valence-electron chi connectivity index (χ4n) is 3.25. The first-order chi connectivity index (χ1) is 10.0. The van der Waals surface area contributed by atoms with Gasteiger partial charge < -0.3 is 9.88 Å². The van der Waals surface area contributed by atoms with Crippen molar-refractivity contribution in [2.24, 2.45) is 5.92 Å². The third kappa shape index (κ3) is 2.82. The SMILES string of the molecule is Cc1ccc2[nH]c(C)c(CC(=O)N3CCC(C)CC3)c2c1. The van der Waals surface area contributed by atoms with Crippen molar-refractivity contribution in [1.29, 1.82) is 0 Å². The summed E-state index contributed by atoms with van der Waals surface area (Å²) in [6.45, 7) is 8.27. The molecular formula is C18H24N2O. The van der Waals surface area contributed by atoms with E-state index in [1.165, 1.54) is 10.9 Å². The lowest BCUT2D eigenvalue weighted by Gasteiger charge is -2.30. The van der Waals surface area contributed by atoms with Gasteiger partial charge in [-0.15, -0.1) is 0 Å². The first kappa shape index (κ1) is 14.2. The van der Waals surface area contributed by atoms with E-state index in [0.717, 1.165) is 48.6 Å². The van der Waals surface area contributed by atoms with E-state index in [0.29, 0.717) is 6.42 Å². The molecule has 2 aromatic rings. The van der Waals surface area contributed by atoms with E-state index in [2.05, 4.69) is 44.0 Å². The van der Waals surface area contributed by atoms with E-state index in [1.807, 2.05) is 4.90 Å². The summed E-state index contributed by atoms with van der Waals surface area (Å²) in [5.74, 6) is 1.03. The van der Waals surface area contributed by atoms with E-state index in [1.54, 1.807) is 0 Å². The molecule has 1 aliphatic heterocycles. The van der Waals surface area contributed by atoms with E-state index < -0.39 is 0 Å². The smallest absolute Gasteiger partial charge is 0.227 e. The molecule has 0 saturated carbocycles. The maximum Gasteiger partial charge on any atom is 0.227 e. The van der Waals surface area contributed by atoms with Crippen LogP contribution in [0, 0.1) is 19.8 Å². The van der Waals surface area contributed by atoms with Crippen molar-refractivity contribution in [2.75, 3.05) is 13.1 Å². The second-order valence-corrected chi connectivity index (χ2v) is 6.52. The topological polar surface area (TPSA) is 36.1 Å². The van der Waals surface area contributed by atoms with Crippen molar-refractivity contribution >= 4 is 16.8 Å². The molecule has 0 spiro atoms. The number of rotatable bonds is 2. The van der Waals surface area contributed by atoms with Gasteiger partial charge in [-0.2, -0.15) is 0 Å². The molecule has 3 nitrogen and oxygen atoms in total. The number of aromatic nitrogens is 1. The van der Waals surface area contributed by atoms with Gasteiger partial charge in [-0.3, -0.25) is 4.79 Å². The normalized spacial score (nSPS) is 16.6. The van der Waals surface area contributed by atoms with Crippen LogP contribution in [0.4, 0.5) is 0 Å². The zero-order valence-corrected chi connectivity index (χ0v) is 13.2. The molecule has 1 aliphatic rings. The molecule has 1 aromatic heterocycles. The van der Waals surface area contributed by atoms with Gasteiger partial charge in [0, 0.05) is 29.7 Å². The Morgan fingerprint density at radius 1 is 1.29 bits per heavy atom. The number of nitrogens with one attached hydrogen (secondary N) is 1. The highest BCUT2D eigenvalue weighted by molar-refractivity contribution is 5.90. The Morgan fingerprint density at radius 2 is 2.00 bits per heavy atom. The van der Waals surface area contributed by atoms with Crippen LogP contribution in [-0.4, -0.2) is 28.9 Å². The quantitative estimate of drug-likeness (QED) is 0.899. The summed E-state index contributed by atoms with van der Waals surface area (Å²) >= 11 is 0. The molecule has 1 saturated heterocycles. The summed E-state index contributed by atoms with van der Waals surface area (Å²) in [6, 6.07) is 6.39. The van der Waals surface area contributed by atoms with Crippen LogP contribution in [0.25, 0.3) is 10.9 Å². The number of H-pyrrole nitrogens is 1. The van der Waals surface area contributed by atoms with Crippen LogP contribution < -0.4 is 0 Å². The summed E-state index contributed by atoms with van der Waals surface area (Å²) < 4.78 is 0. The van der Waals surface area contributed by atoms with Crippen molar-refractivity contribution in [1.82, 2.24) is 9.88 Å². The molecule has 0 bridgehead atoms. The molecule has 1 amide bonds. The highest BCUT2D eigenvalue weighted by Crippen LogP contribution is 2.25. The van der Waals surface area contributed by atoms with Gasteiger partial charge in [0.05, 0.1) is 6.42 Å². The average molecular weight is 284 g/mol. The second kappa shape index (κ2) is 5.55. The molecule has 1 fully saturated rings. The summed E-state index contributed by atoms with van der Waals surface area (Å²) in [5, 5.41) is 1.20. The van der Waals surface area contributed by atoms with Crippen LogP contribution in [-0.2, 0) is 11.2 Å². The van der Waals surface area contributed by atoms with E-state index in [-0.39, 0.29) is 5.91 Å². The number of aromatic amines is 1. The van der Waals surface area contributed by atoms with Crippen LogP contribution >= 0.6 is 0 Å². The van der Waals surface area contributed by atoms with Crippen LogP contribution in [0.15, 0.2) is 18.2 Å². The zero-order chi connectivity index (χ0) is 15.0. The fraction of sp³-hybridized carbons (Fsp3) is 0.500. The Bertz CT molecular complexity index is 663. The standard InChI is InChI=1S/C18H24N2O/c1-12-6-8-20(9-7-12)18(21)11-15-14(3)19-17-5-4-13(2)10-16(15)17/h4-5,10,12,19H,6-9,11H2,1-3H3. The summed E-state index contributed by atoms with van der Waals surface area (Å²) in [6.07, 6.45) is 2.79. The number of likely N-dealkylation sites (tertiary alicyclic amines) is 1. The molecule has 1 N–H and O–H groups in total. The Balaban J connectivity index is 1.82. The second-order valence-electron chi connectivity index (χ2n) is 6.52. The Labute approximate surface area is 126 Å². The number of nitrogens with zero attached hydrogens (tertiary/aromatic N) is 1. The third-order valence-electron chi connectivity index (χ3n) is 4.74. The van der Waals surface area contributed by atoms with E-state index in [4.69, 9.17) is 0 Å². The monoisotopic (exact) mass is 284 g/mol. The first-order valence-corrected chi connectivity index (χ1v) is 7.90. The van der Waals surface area contributed by atoms with Gasteiger partial charge in [0.15, 0.2) is 0 Å². The van der Waals surface area contributed by atoms with Gasteiger partial charge in [0.2, 0.25) is 5.91 Å². The minimum atomic E-state index is 0.271. The summed E-state index contributed by atoms with van der Waals surface area (Å²) in [5.41, 5.74) is 4.65. The molecule has 3 rings (SSSR count). The molecule has 0 radical (unpaired) electrons. The highest BCUT2D eigenvalue weighted by Gasteiger charge is 2.22. The average Bonchev–Trinajstić information content (AvgIpc) is 2.76. The Kier molecular flexibility index (Phi) is 3.75. The number of hydrogen-bond acceptors (Lipinski definition) is 1. The van der Waals surface area contributed by atoms with E-state index >= 15 is 0 Å². The van der Waals surface area contributed by atoms with Gasteiger partial charge in [-0.25, -0.2) is 0 Å². The lowest BCUT2D eigenvalue weighted by atomic mass is 9.98. The van der Waals surface area contributed by atoms with Crippen molar-refractivity contribution < 1.29 is 4.79 Å².